The second-order valence-electron chi connectivity index (χ2n) is 6.37. The van der Waals surface area contributed by atoms with Crippen molar-refractivity contribution in [2.45, 2.75) is 71.8 Å². The molecule has 0 aromatic carbocycles. The van der Waals surface area contributed by atoms with E-state index in [-0.39, 0.29) is 0 Å². The first-order valence-corrected chi connectivity index (χ1v) is 8.29. The molecule has 1 heterocycles. The Labute approximate surface area is 128 Å². The van der Waals surface area contributed by atoms with Gasteiger partial charge in [-0.1, -0.05) is 27.2 Å². The van der Waals surface area contributed by atoms with E-state index >= 15 is 0 Å². The van der Waals surface area contributed by atoms with Gasteiger partial charge in [-0.15, -0.1) is 0 Å². The Kier molecular flexibility index (Phi) is 5.43. The third-order valence-corrected chi connectivity index (χ3v) is 4.50. The molecule has 1 fully saturated rings. The summed E-state index contributed by atoms with van der Waals surface area (Å²) in [5, 5.41) is 3.16. The summed E-state index contributed by atoms with van der Waals surface area (Å²) < 4.78 is 6.33. The summed E-state index contributed by atoms with van der Waals surface area (Å²) in [5.41, 5.74) is 1.02. The number of nitrogens with zero attached hydrogens (tertiary/aromatic N) is 2. The van der Waals surface area contributed by atoms with E-state index in [4.69, 9.17) is 4.74 Å². The average molecular weight is 291 g/mol. The van der Waals surface area contributed by atoms with Crippen molar-refractivity contribution in [3.8, 4) is 5.88 Å². The van der Waals surface area contributed by atoms with Gasteiger partial charge in [-0.2, -0.15) is 4.98 Å². The molecule has 0 amide bonds. The van der Waals surface area contributed by atoms with Gasteiger partial charge in [0.1, 0.15) is 17.7 Å². The quantitative estimate of drug-likeness (QED) is 0.878. The van der Waals surface area contributed by atoms with E-state index in [0.29, 0.717) is 17.9 Å². The minimum atomic E-state index is 0.299. The fourth-order valence-corrected chi connectivity index (χ4v) is 3.07. The molecular weight excluding hydrogens is 262 g/mol. The fourth-order valence-electron chi connectivity index (χ4n) is 3.07. The third-order valence-electron chi connectivity index (χ3n) is 4.50. The first-order chi connectivity index (χ1) is 10.1. The van der Waals surface area contributed by atoms with E-state index in [1.807, 2.05) is 14.0 Å². The zero-order valence-electron chi connectivity index (χ0n) is 14.1. The van der Waals surface area contributed by atoms with Crippen LogP contribution in [0.15, 0.2) is 0 Å². The van der Waals surface area contributed by atoms with E-state index in [9.17, 15) is 0 Å². The molecule has 4 heteroatoms. The Balaban J connectivity index is 2.27. The molecule has 1 saturated carbocycles. The van der Waals surface area contributed by atoms with Crippen LogP contribution in [0.4, 0.5) is 5.82 Å². The number of rotatable bonds is 5. The molecule has 21 heavy (non-hydrogen) atoms. The monoisotopic (exact) mass is 291 g/mol. The van der Waals surface area contributed by atoms with Crippen molar-refractivity contribution in [3.63, 3.8) is 0 Å². The zero-order chi connectivity index (χ0) is 15.4. The molecule has 1 aliphatic carbocycles. The van der Waals surface area contributed by atoms with Crippen LogP contribution in [-0.2, 0) is 0 Å². The third kappa shape index (κ3) is 3.66. The maximum atomic E-state index is 6.33. The molecular formula is C17H29N3O. The summed E-state index contributed by atoms with van der Waals surface area (Å²) in [7, 11) is 1.90. The predicted octanol–water partition coefficient (Wildman–Crippen LogP) is 4.30. The largest absolute Gasteiger partial charge is 0.474 e. The normalized spacial score (nSPS) is 22.4. The minimum absolute atomic E-state index is 0.299. The maximum absolute atomic E-state index is 6.33. The number of ether oxygens (including phenoxy) is 1. The number of nitrogens with one attached hydrogen (secondary N) is 1. The van der Waals surface area contributed by atoms with Gasteiger partial charge in [0.15, 0.2) is 0 Å². The van der Waals surface area contributed by atoms with Gasteiger partial charge >= 0.3 is 0 Å². The summed E-state index contributed by atoms with van der Waals surface area (Å²) in [4.78, 5) is 9.25. The Morgan fingerprint density at radius 3 is 2.57 bits per heavy atom. The van der Waals surface area contributed by atoms with E-state index in [1.165, 1.54) is 25.7 Å². The van der Waals surface area contributed by atoms with Crippen LogP contribution in [0.5, 0.6) is 5.88 Å². The van der Waals surface area contributed by atoms with Crippen LogP contribution in [0.1, 0.15) is 70.2 Å². The lowest BCUT2D eigenvalue weighted by molar-refractivity contribution is 0.0847. The van der Waals surface area contributed by atoms with Crippen molar-refractivity contribution in [1.29, 1.82) is 0 Å². The highest BCUT2D eigenvalue weighted by molar-refractivity contribution is 5.48. The average Bonchev–Trinajstić information content (AvgIpc) is 2.49. The van der Waals surface area contributed by atoms with Gasteiger partial charge in [0.25, 0.3) is 0 Å². The Bertz CT molecular complexity index is 473. The standard InChI is InChI=1S/C17H29N3O/c1-6-13-9-7-8-10-14(13)21-17-12(4)16(18-5)19-15(20-17)11(2)3/h11,13-14H,6-10H2,1-5H3,(H,18,19,20). The Morgan fingerprint density at radius 1 is 1.24 bits per heavy atom. The summed E-state index contributed by atoms with van der Waals surface area (Å²) >= 11 is 0. The molecule has 1 aromatic heterocycles. The highest BCUT2D eigenvalue weighted by Crippen LogP contribution is 2.32. The van der Waals surface area contributed by atoms with Crippen molar-refractivity contribution >= 4 is 5.82 Å². The molecule has 0 radical (unpaired) electrons. The fraction of sp³-hybridized carbons (Fsp3) is 0.765. The van der Waals surface area contributed by atoms with Gasteiger partial charge in [0.05, 0.1) is 5.56 Å². The summed E-state index contributed by atoms with van der Waals surface area (Å²) in [6.07, 6.45) is 6.52. The summed E-state index contributed by atoms with van der Waals surface area (Å²) in [6.45, 7) is 8.53. The molecule has 4 nitrogen and oxygen atoms in total. The highest BCUT2D eigenvalue weighted by Gasteiger charge is 2.27. The molecule has 2 unspecified atom stereocenters. The molecule has 0 saturated heterocycles. The topological polar surface area (TPSA) is 47.0 Å². The van der Waals surface area contributed by atoms with Crippen molar-refractivity contribution in [2.75, 3.05) is 12.4 Å². The number of aromatic nitrogens is 2. The second kappa shape index (κ2) is 7.10. The van der Waals surface area contributed by atoms with E-state index in [1.54, 1.807) is 0 Å². The van der Waals surface area contributed by atoms with Crippen LogP contribution >= 0.6 is 0 Å². The van der Waals surface area contributed by atoms with E-state index in [2.05, 4.69) is 36.1 Å². The van der Waals surface area contributed by atoms with Crippen molar-refractivity contribution < 1.29 is 4.74 Å². The van der Waals surface area contributed by atoms with Crippen LogP contribution in [0.2, 0.25) is 0 Å². The van der Waals surface area contributed by atoms with Crippen LogP contribution in [0.25, 0.3) is 0 Å². The molecule has 2 rings (SSSR count). The van der Waals surface area contributed by atoms with E-state index in [0.717, 1.165) is 29.5 Å². The van der Waals surface area contributed by atoms with Gasteiger partial charge in [-0.05, 0) is 38.5 Å². The molecule has 1 aromatic rings. The molecule has 0 aliphatic heterocycles. The highest BCUT2D eigenvalue weighted by atomic mass is 16.5. The Hall–Kier alpha value is -1.32. The summed E-state index contributed by atoms with van der Waals surface area (Å²) in [5.74, 6) is 3.46. The molecule has 0 bridgehead atoms. The van der Waals surface area contributed by atoms with Crippen molar-refractivity contribution in [3.05, 3.63) is 11.4 Å². The molecule has 1 aliphatic rings. The van der Waals surface area contributed by atoms with Crippen LogP contribution in [0, 0.1) is 12.8 Å². The molecule has 118 valence electrons. The molecule has 2 atom stereocenters. The van der Waals surface area contributed by atoms with Gasteiger partial charge in [0, 0.05) is 13.0 Å². The van der Waals surface area contributed by atoms with Crippen LogP contribution in [0.3, 0.4) is 0 Å². The smallest absolute Gasteiger partial charge is 0.222 e. The van der Waals surface area contributed by atoms with Gasteiger partial charge in [-0.3, -0.25) is 0 Å². The number of hydrogen-bond acceptors (Lipinski definition) is 4. The minimum Gasteiger partial charge on any atom is -0.474 e. The van der Waals surface area contributed by atoms with Gasteiger partial charge in [0.2, 0.25) is 5.88 Å². The van der Waals surface area contributed by atoms with Gasteiger partial charge in [-0.25, -0.2) is 4.98 Å². The second-order valence-corrected chi connectivity index (χ2v) is 6.37. The molecule has 0 spiro atoms. The maximum Gasteiger partial charge on any atom is 0.222 e. The Morgan fingerprint density at radius 2 is 1.95 bits per heavy atom. The lowest BCUT2D eigenvalue weighted by Crippen LogP contribution is -2.30. The van der Waals surface area contributed by atoms with Crippen LogP contribution < -0.4 is 10.1 Å². The predicted molar refractivity (Wildman–Crippen MR) is 87.1 cm³/mol. The van der Waals surface area contributed by atoms with Crippen LogP contribution in [-0.4, -0.2) is 23.1 Å². The lowest BCUT2D eigenvalue weighted by Gasteiger charge is -2.31. The number of hydrogen-bond donors (Lipinski definition) is 1. The lowest BCUT2D eigenvalue weighted by atomic mass is 9.85. The first kappa shape index (κ1) is 16.1. The number of anilines is 1. The SMILES string of the molecule is CCC1CCCCC1Oc1nc(C(C)C)nc(NC)c1C. The zero-order valence-corrected chi connectivity index (χ0v) is 14.1. The van der Waals surface area contributed by atoms with Crippen molar-refractivity contribution in [2.24, 2.45) is 5.92 Å². The van der Waals surface area contributed by atoms with Crippen molar-refractivity contribution in [1.82, 2.24) is 9.97 Å². The first-order valence-electron chi connectivity index (χ1n) is 8.29. The van der Waals surface area contributed by atoms with E-state index < -0.39 is 0 Å². The molecule has 1 N–H and O–H groups in total. The van der Waals surface area contributed by atoms with Gasteiger partial charge < -0.3 is 10.1 Å². The summed E-state index contributed by atoms with van der Waals surface area (Å²) in [6, 6.07) is 0.